The molecule has 0 spiro atoms. The first kappa shape index (κ1) is 8.63. The molecule has 1 aliphatic rings. The largest absolute Gasteiger partial charge is 0.327 e. The monoisotopic (exact) mass is 183 g/mol. The molecule has 0 bridgehead atoms. The van der Waals surface area contributed by atoms with E-state index in [0.29, 0.717) is 18.4 Å². The van der Waals surface area contributed by atoms with E-state index in [1.54, 1.807) is 0 Å². The van der Waals surface area contributed by atoms with Gasteiger partial charge in [-0.1, -0.05) is 0 Å². The molecule has 0 fully saturated rings. The molecule has 0 radical (unpaired) electrons. The van der Waals surface area contributed by atoms with Crippen molar-refractivity contribution < 1.29 is 8.78 Å². The first-order valence-electron chi connectivity index (χ1n) is 4.39. The van der Waals surface area contributed by atoms with Crippen LogP contribution < -0.4 is 5.73 Å². The van der Waals surface area contributed by atoms with Gasteiger partial charge in [0.15, 0.2) is 0 Å². The van der Waals surface area contributed by atoms with E-state index >= 15 is 0 Å². The number of benzene rings is 1. The number of rotatable bonds is 0. The second kappa shape index (κ2) is 3.07. The highest BCUT2D eigenvalue weighted by Crippen LogP contribution is 2.24. The van der Waals surface area contributed by atoms with Crippen LogP contribution in [0.5, 0.6) is 0 Å². The van der Waals surface area contributed by atoms with Gasteiger partial charge in [0.05, 0.1) is 0 Å². The zero-order valence-electron chi connectivity index (χ0n) is 7.19. The number of nitrogens with two attached hydrogens (primary N) is 1. The normalized spacial score (nSPS) is 21.3. The van der Waals surface area contributed by atoms with E-state index in [2.05, 4.69) is 0 Å². The van der Waals surface area contributed by atoms with Crippen LogP contribution in [0.2, 0.25) is 0 Å². The highest BCUT2D eigenvalue weighted by molar-refractivity contribution is 5.32. The minimum atomic E-state index is -0.509. The summed E-state index contributed by atoms with van der Waals surface area (Å²) in [6, 6.07) is 2.38. The van der Waals surface area contributed by atoms with Crippen molar-refractivity contribution in [2.75, 3.05) is 0 Å². The lowest BCUT2D eigenvalue weighted by Gasteiger charge is -2.21. The van der Waals surface area contributed by atoms with Crippen LogP contribution in [0.15, 0.2) is 12.1 Å². The fourth-order valence-electron chi connectivity index (χ4n) is 1.83. The zero-order chi connectivity index (χ0) is 9.42. The molecule has 1 nitrogen and oxygen atoms in total. The summed E-state index contributed by atoms with van der Waals surface area (Å²) in [4.78, 5) is 0. The van der Waals surface area contributed by atoms with E-state index in [4.69, 9.17) is 5.73 Å². The molecule has 13 heavy (non-hydrogen) atoms. The van der Waals surface area contributed by atoms with Gasteiger partial charge in [-0.05, 0) is 36.5 Å². The number of fused-ring (bicyclic) bond motifs is 1. The molecule has 70 valence electrons. The predicted octanol–water partition coefficient (Wildman–Crippen LogP) is 1.78. The topological polar surface area (TPSA) is 26.0 Å². The standard InChI is InChI=1S/C10H11F2N/c11-7-3-6-4-8(13)1-2-9(6)10(12)5-7/h3,5,8H,1-2,4,13H2. The summed E-state index contributed by atoms with van der Waals surface area (Å²) in [5.74, 6) is -0.938. The molecule has 1 aromatic rings. The fraction of sp³-hybridized carbons (Fsp3) is 0.400. The Bertz CT molecular complexity index is 336. The first-order valence-corrected chi connectivity index (χ1v) is 4.39. The minimum Gasteiger partial charge on any atom is -0.327 e. The van der Waals surface area contributed by atoms with Crippen LogP contribution in [0, 0.1) is 11.6 Å². The molecule has 0 amide bonds. The lowest BCUT2D eigenvalue weighted by atomic mass is 9.88. The Hall–Kier alpha value is -0.960. The third-order valence-corrected chi connectivity index (χ3v) is 2.50. The van der Waals surface area contributed by atoms with E-state index < -0.39 is 11.6 Å². The Kier molecular flexibility index (Phi) is 2.04. The van der Waals surface area contributed by atoms with Crippen LogP contribution in [-0.4, -0.2) is 6.04 Å². The Morgan fingerprint density at radius 2 is 2.08 bits per heavy atom. The van der Waals surface area contributed by atoms with Gasteiger partial charge in [0.1, 0.15) is 11.6 Å². The molecule has 2 rings (SSSR count). The summed E-state index contributed by atoms with van der Waals surface area (Å²) in [5, 5.41) is 0. The maximum Gasteiger partial charge on any atom is 0.129 e. The van der Waals surface area contributed by atoms with Crippen molar-refractivity contribution in [2.24, 2.45) is 5.73 Å². The van der Waals surface area contributed by atoms with Crippen molar-refractivity contribution in [2.45, 2.75) is 25.3 Å². The second-order valence-corrected chi connectivity index (χ2v) is 3.53. The maximum atomic E-state index is 13.2. The molecule has 1 aromatic carbocycles. The van der Waals surface area contributed by atoms with Gasteiger partial charge in [-0.2, -0.15) is 0 Å². The van der Waals surface area contributed by atoms with Crippen molar-refractivity contribution in [1.29, 1.82) is 0 Å². The van der Waals surface area contributed by atoms with Gasteiger partial charge in [-0.25, -0.2) is 8.78 Å². The van der Waals surface area contributed by atoms with Crippen molar-refractivity contribution in [1.82, 2.24) is 0 Å². The van der Waals surface area contributed by atoms with Gasteiger partial charge < -0.3 is 5.73 Å². The van der Waals surface area contributed by atoms with Crippen LogP contribution in [0.3, 0.4) is 0 Å². The van der Waals surface area contributed by atoms with Crippen LogP contribution in [0.4, 0.5) is 8.78 Å². The summed E-state index contributed by atoms with van der Waals surface area (Å²) in [6.45, 7) is 0. The number of hydrogen-bond donors (Lipinski definition) is 1. The van der Waals surface area contributed by atoms with Crippen LogP contribution >= 0.6 is 0 Å². The van der Waals surface area contributed by atoms with Crippen LogP contribution in [0.1, 0.15) is 17.5 Å². The molecule has 0 aliphatic heterocycles. The zero-order valence-corrected chi connectivity index (χ0v) is 7.19. The average molecular weight is 183 g/mol. The van der Waals surface area contributed by atoms with Crippen molar-refractivity contribution in [3.8, 4) is 0 Å². The molecule has 1 atom stereocenters. The first-order chi connectivity index (χ1) is 6.16. The molecule has 2 N–H and O–H groups in total. The summed E-state index contributed by atoms with van der Waals surface area (Å²) in [5.41, 5.74) is 7.08. The second-order valence-electron chi connectivity index (χ2n) is 3.53. The molecular weight excluding hydrogens is 172 g/mol. The molecule has 1 unspecified atom stereocenters. The lowest BCUT2D eigenvalue weighted by Crippen LogP contribution is -2.28. The fourth-order valence-corrected chi connectivity index (χ4v) is 1.83. The number of halogens is 2. The Labute approximate surface area is 75.6 Å². The molecular formula is C10H11F2N. The van der Waals surface area contributed by atoms with E-state index in [1.807, 2.05) is 0 Å². The maximum absolute atomic E-state index is 13.2. The van der Waals surface area contributed by atoms with E-state index in [1.165, 1.54) is 6.07 Å². The molecule has 3 heteroatoms. The van der Waals surface area contributed by atoms with Crippen LogP contribution in [0.25, 0.3) is 0 Å². The van der Waals surface area contributed by atoms with Gasteiger partial charge in [0.2, 0.25) is 0 Å². The van der Waals surface area contributed by atoms with E-state index in [0.717, 1.165) is 18.1 Å². The highest BCUT2D eigenvalue weighted by Gasteiger charge is 2.19. The van der Waals surface area contributed by atoms with E-state index in [-0.39, 0.29) is 6.04 Å². The summed E-state index contributed by atoms with van der Waals surface area (Å²) < 4.78 is 26.0. The molecule has 0 saturated carbocycles. The highest BCUT2D eigenvalue weighted by atomic mass is 19.1. The predicted molar refractivity (Wildman–Crippen MR) is 46.4 cm³/mol. The van der Waals surface area contributed by atoms with Crippen molar-refractivity contribution in [3.63, 3.8) is 0 Å². The molecule has 1 aliphatic carbocycles. The molecule has 0 aromatic heterocycles. The molecule has 0 saturated heterocycles. The molecule has 0 heterocycles. The Morgan fingerprint density at radius 3 is 2.85 bits per heavy atom. The van der Waals surface area contributed by atoms with E-state index in [9.17, 15) is 8.78 Å². The quantitative estimate of drug-likeness (QED) is 0.652. The van der Waals surface area contributed by atoms with Crippen molar-refractivity contribution in [3.05, 3.63) is 34.9 Å². The lowest BCUT2D eigenvalue weighted by molar-refractivity contribution is 0.520. The van der Waals surface area contributed by atoms with Gasteiger partial charge >= 0.3 is 0 Å². The summed E-state index contributed by atoms with van der Waals surface area (Å²) in [6.07, 6.45) is 2.00. The Morgan fingerprint density at radius 1 is 1.31 bits per heavy atom. The van der Waals surface area contributed by atoms with Gasteiger partial charge in [-0.3, -0.25) is 0 Å². The summed E-state index contributed by atoms with van der Waals surface area (Å²) in [7, 11) is 0. The smallest absolute Gasteiger partial charge is 0.129 e. The Balaban J connectivity index is 2.47. The van der Waals surface area contributed by atoms with Gasteiger partial charge in [0.25, 0.3) is 0 Å². The third kappa shape index (κ3) is 1.56. The number of hydrogen-bond acceptors (Lipinski definition) is 1. The minimum absolute atomic E-state index is 0.0497. The van der Waals surface area contributed by atoms with Crippen LogP contribution in [-0.2, 0) is 12.8 Å². The SMILES string of the molecule is NC1CCc2c(F)cc(F)cc2C1. The van der Waals surface area contributed by atoms with Gasteiger partial charge in [-0.15, -0.1) is 0 Å². The average Bonchev–Trinajstić information content (AvgIpc) is 2.02. The van der Waals surface area contributed by atoms with Crippen molar-refractivity contribution >= 4 is 0 Å². The van der Waals surface area contributed by atoms with Gasteiger partial charge in [0, 0.05) is 12.1 Å². The third-order valence-electron chi connectivity index (χ3n) is 2.50. The summed E-state index contributed by atoms with van der Waals surface area (Å²) >= 11 is 0.